The van der Waals surface area contributed by atoms with E-state index in [9.17, 15) is 9.90 Å². The van der Waals surface area contributed by atoms with Gasteiger partial charge in [0, 0.05) is 31.1 Å². The number of aromatic nitrogens is 1. The number of carbonyl (C=O) groups excluding carboxylic acids is 1. The highest BCUT2D eigenvalue weighted by atomic mass is 32.1. The van der Waals surface area contributed by atoms with Crippen LogP contribution in [0, 0.1) is 0 Å². The molecular weight excluding hydrogens is 444 g/mol. The van der Waals surface area contributed by atoms with E-state index in [-0.39, 0.29) is 12.5 Å². The average molecular weight is 486 g/mol. The van der Waals surface area contributed by atoms with E-state index in [0.717, 1.165) is 41.4 Å². The third-order valence-corrected chi connectivity index (χ3v) is 7.59. The number of anilines is 2. The lowest BCUT2D eigenvalue weighted by atomic mass is 10.1. The van der Waals surface area contributed by atoms with Gasteiger partial charge < -0.3 is 19.8 Å². The number of nitrogens with one attached hydrogen (secondary N) is 1. The van der Waals surface area contributed by atoms with Gasteiger partial charge in [-0.1, -0.05) is 43.5 Å². The molecule has 186 valence electrons. The maximum absolute atomic E-state index is 12.6. The van der Waals surface area contributed by atoms with Crippen LogP contribution in [-0.2, 0) is 0 Å². The molecule has 0 aliphatic heterocycles. The van der Waals surface area contributed by atoms with E-state index in [1.807, 2.05) is 47.7 Å². The molecule has 1 aromatic heterocycles. The lowest BCUT2D eigenvalue weighted by Crippen LogP contribution is -2.49. The van der Waals surface area contributed by atoms with Crippen LogP contribution in [0.3, 0.4) is 0 Å². The number of amides is 1. The molecule has 0 saturated heterocycles. The molecule has 6 nitrogen and oxygen atoms in total. The SMILES string of the molecule is CN(c1ccccc1)c1nc(C(=O)NCCC[N+](C)(CCO)C/C2=C/CCCCCCC2)cs1. The standard InChI is InChI=1S/C27H40N4O2S/c1-30(24-15-10-7-11-16-24)27-29-25(22-34-27)26(33)28-17-12-18-31(2,19-20-32)21-23-13-8-5-3-4-6-9-14-23/h7,10-11,13,15-16,22,32H,3-6,8-9,12,14,17-21H2,1-2H3/p+1/b23-13+. The summed E-state index contributed by atoms with van der Waals surface area (Å²) in [7, 11) is 4.20. The van der Waals surface area contributed by atoms with Gasteiger partial charge in [0.1, 0.15) is 18.8 Å². The van der Waals surface area contributed by atoms with Crippen molar-refractivity contribution in [1.82, 2.24) is 10.3 Å². The Morgan fingerprint density at radius 3 is 2.71 bits per heavy atom. The largest absolute Gasteiger partial charge is 0.391 e. The van der Waals surface area contributed by atoms with E-state index in [1.54, 1.807) is 5.57 Å². The molecule has 1 atom stereocenters. The third kappa shape index (κ3) is 8.22. The second-order valence-corrected chi connectivity index (χ2v) is 10.5. The molecule has 2 aromatic rings. The van der Waals surface area contributed by atoms with Gasteiger partial charge in [-0.25, -0.2) is 4.98 Å². The molecule has 1 aromatic carbocycles. The van der Waals surface area contributed by atoms with Crippen molar-refractivity contribution in [3.63, 3.8) is 0 Å². The number of quaternary nitrogens is 1. The van der Waals surface area contributed by atoms with Crippen LogP contribution in [0.4, 0.5) is 10.8 Å². The molecule has 1 heterocycles. The number of hydrogen-bond acceptors (Lipinski definition) is 5. The lowest BCUT2D eigenvalue weighted by molar-refractivity contribution is -0.905. The van der Waals surface area contributed by atoms with E-state index in [0.29, 0.717) is 12.2 Å². The number of likely N-dealkylation sites (N-methyl/N-ethyl adjacent to an activating group) is 1. The minimum Gasteiger partial charge on any atom is -0.391 e. The Morgan fingerprint density at radius 2 is 1.91 bits per heavy atom. The van der Waals surface area contributed by atoms with Crippen molar-refractivity contribution >= 4 is 28.1 Å². The lowest BCUT2D eigenvalue weighted by Gasteiger charge is -2.35. The van der Waals surface area contributed by atoms with Crippen LogP contribution in [0.15, 0.2) is 47.4 Å². The summed E-state index contributed by atoms with van der Waals surface area (Å²) in [5.74, 6) is -0.126. The van der Waals surface area contributed by atoms with E-state index in [1.165, 1.54) is 56.3 Å². The van der Waals surface area contributed by atoms with E-state index < -0.39 is 0 Å². The van der Waals surface area contributed by atoms with Crippen LogP contribution >= 0.6 is 11.3 Å². The van der Waals surface area contributed by atoms with Crippen molar-refractivity contribution in [2.45, 2.75) is 51.4 Å². The summed E-state index contributed by atoms with van der Waals surface area (Å²) in [4.78, 5) is 19.2. The van der Waals surface area contributed by atoms with Crippen LogP contribution in [0.1, 0.15) is 61.9 Å². The molecule has 7 heteroatoms. The average Bonchev–Trinajstić information content (AvgIpc) is 3.37. The summed E-state index contributed by atoms with van der Waals surface area (Å²) in [6.45, 7) is 3.46. The molecule has 3 rings (SSSR count). The Labute approximate surface area is 208 Å². The molecule has 1 aliphatic rings. The third-order valence-electron chi connectivity index (χ3n) is 6.68. The summed E-state index contributed by atoms with van der Waals surface area (Å²) in [5, 5.41) is 15.3. The number of allylic oxidation sites excluding steroid dienone is 1. The van der Waals surface area contributed by atoms with Gasteiger partial charge in [0.2, 0.25) is 0 Å². The van der Waals surface area contributed by atoms with E-state index >= 15 is 0 Å². The smallest absolute Gasteiger partial charge is 0.270 e. The Hall–Kier alpha value is -2.22. The van der Waals surface area contributed by atoms with Crippen molar-refractivity contribution in [2.75, 3.05) is 51.8 Å². The van der Waals surface area contributed by atoms with Gasteiger partial charge in [-0.2, -0.15) is 0 Å². The molecule has 0 fully saturated rings. The van der Waals surface area contributed by atoms with Crippen LogP contribution in [-0.4, -0.2) is 67.4 Å². The number of carbonyl (C=O) groups is 1. The Bertz CT molecular complexity index is 914. The first-order valence-corrected chi connectivity index (χ1v) is 13.5. The van der Waals surface area contributed by atoms with Crippen molar-refractivity contribution < 1.29 is 14.4 Å². The van der Waals surface area contributed by atoms with E-state index in [4.69, 9.17) is 0 Å². The van der Waals surface area contributed by atoms with Crippen LogP contribution in [0.25, 0.3) is 0 Å². The van der Waals surface area contributed by atoms with Crippen LogP contribution in [0.5, 0.6) is 0 Å². The molecule has 0 radical (unpaired) electrons. The molecule has 2 N–H and O–H groups in total. The Balaban J connectivity index is 1.48. The number of benzene rings is 1. The minimum atomic E-state index is -0.126. The van der Waals surface area contributed by atoms with Crippen LogP contribution < -0.4 is 10.2 Å². The first-order chi connectivity index (χ1) is 16.5. The fourth-order valence-corrected chi connectivity index (χ4v) is 5.41. The van der Waals surface area contributed by atoms with Crippen molar-refractivity contribution in [3.8, 4) is 0 Å². The van der Waals surface area contributed by atoms with Gasteiger partial charge in [-0.05, 0) is 43.4 Å². The number of aliphatic hydroxyl groups is 1. The maximum Gasteiger partial charge on any atom is 0.270 e. The molecular formula is C27H41N4O2S+. The second-order valence-electron chi connectivity index (χ2n) is 9.64. The molecule has 1 aliphatic carbocycles. The molecule has 0 saturated carbocycles. The topological polar surface area (TPSA) is 65.5 Å². The highest BCUT2D eigenvalue weighted by Crippen LogP contribution is 2.26. The van der Waals surface area contributed by atoms with Gasteiger partial charge in [0.25, 0.3) is 5.91 Å². The van der Waals surface area contributed by atoms with Gasteiger partial charge in [0.05, 0.1) is 20.2 Å². The van der Waals surface area contributed by atoms with Gasteiger partial charge in [0.15, 0.2) is 5.13 Å². The van der Waals surface area contributed by atoms with Gasteiger partial charge in [-0.15, -0.1) is 11.3 Å². The number of hydrogen-bond donors (Lipinski definition) is 2. The number of thiazole rings is 1. The summed E-state index contributed by atoms with van der Waals surface area (Å²) >= 11 is 1.47. The molecule has 0 bridgehead atoms. The van der Waals surface area contributed by atoms with Gasteiger partial charge >= 0.3 is 0 Å². The van der Waals surface area contributed by atoms with Crippen molar-refractivity contribution in [2.24, 2.45) is 0 Å². The fraction of sp³-hybridized carbons (Fsp3) is 0.556. The predicted octanol–water partition coefficient (Wildman–Crippen LogP) is 5.14. The Morgan fingerprint density at radius 1 is 1.15 bits per heavy atom. The zero-order valence-corrected chi connectivity index (χ0v) is 21.7. The zero-order valence-electron chi connectivity index (χ0n) is 20.8. The molecule has 1 amide bonds. The van der Waals surface area contributed by atoms with E-state index in [2.05, 4.69) is 23.4 Å². The number of para-hydroxylation sites is 1. The number of aliphatic hydroxyl groups excluding tert-OH is 1. The summed E-state index contributed by atoms with van der Waals surface area (Å²) in [5.41, 5.74) is 3.05. The maximum atomic E-state index is 12.6. The highest BCUT2D eigenvalue weighted by Gasteiger charge is 2.23. The predicted molar refractivity (Wildman–Crippen MR) is 142 cm³/mol. The zero-order chi connectivity index (χ0) is 24.2. The molecule has 0 spiro atoms. The van der Waals surface area contributed by atoms with Gasteiger partial charge in [-0.3, -0.25) is 4.79 Å². The second kappa shape index (κ2) is 13.6. The number of nitrogens with zero attached hydrogens (tertiary/aromatic N) is 3. The molecule has 1 unspecified atom stereocenters. The normalized spacial score (nSPS) is 18.0. The monoisotopic (exact) mass is 485 g/mol. The van der Waals surface area contributed by atoms with Crippen LogP contribution in [0.2, 0.25) is 0 Å². The minimum absolute atomic E-state index is 0.126. The Kier molecular flexibility index (Phi) is 10.6. The quantitative estimate of drug-likeness (QED) is 0.263. The fourth-order valence-electron chi connectivity index (χ4n) is 4.62. The summed E-state index contributed by atoms with van der Waals surface area (Å²) < 4.78 is 0.820. The number of rotatable bonds is 11. The summed E-state index contributed by atoms with van der Waals surface area (Å²) in [6, 6.07) is 10.0. The molecule has 34 heavy (non-hydrogen) atoms. The first kappa shape index (κ1) is 26.4. The van der Waals surface area contributed by atoms with Crippen molar-refractivity contribution in [3.05, 3.63) is 53.1 Å². The summed E-state index contributed by atoms with van der Waals surface area (Å²) in [6.07, 6.45) is 12.3. The van der Waals surface area contributed by atoms with Crippen molar-refractivity contribution in [1.29, 1.82) is 0 Å². The highest BCUT2D eigenvalue weighted by molar-refractivity contribution is 7.14. The first-order valence-electron chi connectivity index (χ1n) is 12.7.